The van der Waals surface area contributed by atoms with E-state index in [1.165, 1.54) is 4.90 Å². The van der Waals surface area contributed by atoms with Gasteiger partial charge in [0.25, 0.3) is 11.8 Å². The molecule has 0 saturated carbocycles. The zero-order valence-electron chi connectivity index (χ0n) is 9.87. The number of aliphatic hydroxyl groups is 1. The van der Waals surface area contributed by atoms with Crippen LogP contribution < -0.4 is 0 Å². The van der Waals surface area contributed by atoms with Crippen LogP contribution in [0.25, 0.3) is 0 Å². The molecule has 3 rings (SSSR count). The number of carbonyl (C=O) groups excluding carboxylic acids is 2. The molecular weight excluding hydrogens is 232 g/mol. The number of β-amino-alcohol motifs (C(OH)–C–C–N with tert-alkyl or cyclic N) is 1. The van der Waals surface area contributed by atoms with Crippen molar-refractivity contribution in [2.24, 2.45) is 0 Å². The van der Waals surface area contributed by atoms with Crippen LogP contribution >= 0.6 is 0 Å². The molecule has 0 aromatic heterocycles. The van der Waals surface area contributed by atoms with Crippen LogP contribution in [0.5, 0.6) is 0 Å². The fourth-order valence-corrected chi connectivity index (χ4v) is 2.51. The average Bonchev–Trinajstić information content (AvgIpc) is 2.88. The van der Waals surface area contributed by atoms with Crippen LogP contribution in [-0.4, -0.2) is 52.6 Å². The maximum absolute atomic E-state index is 12.1. The number of amides is 2. The van der Waals surface area contributed by atoms with Crippen molar-refractivity contribution >= 4 is 11.8 Å². The predicted octanol–water partition coefficient (Wildman–Crippen LogP) is 0.307. The second kappa shape index (κ2) is 4.19. The molecule has 1 aromatic carbocycles. The fourth-order valence-electron chi connectivity index (χ4n) is 2.51. The highest BCUT2D eigenvalue weighted by Crippen LogP contribution is 2.23. The first-order chi connectivity index (χ1) is 8.66. The highest BCUT2D eigenvalue weighted by molar-refractivity contribution is 6.21. The molecule has 2 aliphatic heterocycles. The van der Waals surface area contributed by atoms with Gasteiger partial charge in [0.15, 0.2) is 0 Å². The summed E-state index contributed by atoms with van der Waals surface area (Å²) in [5, 5.41) is 9.45. The molecule has 18 heavy (non-hydrogen) atoms. The Morgan fingerprint density at radius 1 is 1.17 bits per heavy atom. The maximum atomic E-state index is 12.1. The van der Waals surface area contributed by atoms with Gasteiger partial charge in [-0.1, -0.05) is 12.1 Å². The minimum absolute atomic E-state index is 0.239. The number of fused-ring (bicyclic) bond motifs is 1. The van der Waals surface area contributed by atoms with E-state index >= 15 is 0 Å². The van der Waals surface area contributed by atoms with Gasteiger partial charge < -0.3 is 5.11 Å². The molecule has 0 bridgehead atoms. The van der Waals surface area contributed by atoms with Crippen molar-refractivity contribution in [3.63, 3.8) is 0 Å². The van der Waals surface area contributed by atoms with Crippen molar-refractivity contribution in [1.82, 2.24) is 9.80 Å². The van der Waals surface area contributed by atoms with E-state index in [1.807, 2.05) is 4.90 Å². The van der Waals surface area contributed by atoms with Gasteiger partial charge in [-0.3, -0.25) is 19.4 Å². The Labute approximate surface area is 105 Å². The summed E-state index contributed by atoms with van der Waals surface area (Å²) in [6, 6.07) is 6.86. The van der Waals surface area contributed by atoms with Gasteiger partial charge in [0.2, 0.25) is 0 Å². The minimum atomic E-state index is -0.347. The lowest BCUT2D eigenvalue weighted by atomic mass is 10.1. The summed E-state index contributed by atoms with van der Waals surface area (Å²) in [6.45, 7) is 1.51. The Hall–Kier alpha value is -1.72. The number of benzene rings is 1. The number of nitrogens with zero attached hydrogens (tertiary/aromatic N) is 2. The van der Waals surface area contributed by atoms with E-state index < -0.39 is 0 Å². The summed E-state index contributed by atoms with van der Waals surface area (Å²) in [4.78, 5) is 27.4. The number of carbonyl (C=O) groups is 2. The van der Waals surface area contributed by atoms with E-state index in [2.05, 4.69) is 0 Å². The molecule has 94 valence electrons. The van der Waals surface area contributed by atoms with Crippen molar-refractivity contribution in [2.45, 2.75) is 12.5 Å². The van der Waals surface area contributed by atoms with Crippen molar-refractivity contribution in [2.75, 3.05) is 19.8 Å². The molecule has 0 radical (unpaired) electrons. The highest BCUT2D eigenvalue weighted by atomic mass is 16.3. The van der Waals surface area contributed by atoms with Gasteiger partial charge in [-0.2, -0.15) is 0 Å². The monoisotopic (exact) mass is 246 g/mol. The Morgan fingerprint density at radius 3 is 2.28 bits per heavy atom. The van der Waals surface area contributed by atoms with Crippen LogP contribution in [0.4, 0.5) is 0 Å². The van der Waals surface area contributed by atoms with Crippen LogP contribution in [0, 0.1) is 0 Å². The van der Waals surface area contributed by atoms with Crippen LogP contribution in [-0.2, 0) is 0 Å². The molecule has 0 aliphatic carbocycles. The molecular formula is C13H14N2O3. The van der Waals surface area contributed by atoms with E-state index in [0.29, 0.717) is 30.6 Å². The Kier molecular flexibility index (Phi) is 2.65. The van der Waals surface area contributed by atoms with E-state index in [1.54, 1.807) is 24.3 Å². The van der Waals surface area contributed by atoms with Gasteiger partial charge in [0.1, 0.15) is 0 Å². The third kappa shape index (κ3) is 1.72. The lowest BCUT2D eigenvalue weighted by Crippen LogP contribution is -2.40. The minimum Gasteiger partial charge on any atom is -0.392 e. The first-order valence-corrected chi connectivity index (χ1v) is 6.02. The number of rotatable bonds is 2. The lowest BCUT2D eigenvalue weighted by Gasteiger charge is -2.21. The molecule has 0 spiro atoms. The van der Waals surface area contributed by atoms with Gasteiger partial charge in [-0.25, -0.2) is 0 Å². The van der Waals surface area contributed by atoms with Crippen molar-refractivity contribution < 1.29 is 14.7 Å². The number of aliphatic hydroxyl groups excluding tert-OH is 1. The van der Waals surface area contributed by atoms with Crippen LogP contribution in [0.1, 0.15) is 27.1 Å². The number of imide groups is 1. The van der Waals surface area contributed by atoms with Crippen LogP contribution in [0.2, 0.25) is 0 Å². The predicted molar refractivity (Wildman–Crippen MR) is 64.0 cm³/mol. The zero-order chi connectivity index (χ0) is 12.7. The molecule has 2 amide bonds. The summed E-state index contributed by atoms with van der Waals surface area (Å²) >= 11 is 0. The number of likely N-dealkylation sites (tertiary alicyclic amines) is 1. The first-order valence-electron chi connectivity index (χ1n) is 6.02. The molecule has 5 nitrogen and oxygen atoms in total. The third-order valence-corrected chi connectivity index (χ3v) is 3.47. The molecule has 1 aromatic rings. The second-order valence-corrected chi connectivity index (χ2v) is 4.74. The van der Waals surface area contributed by atoms with Gasteiger partial charge in [0.05, 0.1) is 23.9 Å². The summed E-state index contributed by atoms with van der Waals surface area (Å²) < 4.78 is 0. The van der Waals surface area contributed by atoms with Crippen molar-refractivity contribution in [3.05, 3.63) is 35.4 Å². The molecule has 2 aliphatic rings. The van der Waals surface area contributed by atoms with Gasteiger partial charge in [-0.05, 0) is 18.6 Å². The smallest absolute Gasteiger partial charge is 0.262 e. The van der Waals surface area contributed by atoms with Gasteiger partial charge in [0, 0.05) is 13.1 Å². The molecule has 1 fully saturated rings. The first kappa shape index (κ1) is 11.4. The summed E-state index contributed by atoms with van der Waals surface area (Å²) in [6.07, 6.45) is 0.351. The van der Waals surface area contributed by atoms with Crippen LogP contribution in [0.3, 0.4) is 0 Å². The topological polar surface area (TPSA) is 60.9 Å². The fraction of sp³-hybridized carbons (Fsp3) is 0.385. The Bertz CT molecular complexity index is 480. The summed E-state index contributed by atoms with van der Waals surface area (Å²) in [7, 11) is 0. The quantitative estimate of drug-likeness (QED) is 0.763. The number of hydrogen-bond donors (Lipinski definition) is 1. The van der Waals surface area contributed by atoms with E-state index in [0.717, 1.165) is 0 Å². The SMILES string of the molecule is O=C1c2ccccc2C(=O)N1CN1CC[C@@H](O)C1. The standard InChI is InChI=1S/C13H14N2O3/c16-9-5-6-14(7-9)8-15-12(17)10-3-1-2-4-11(10)13(15)18/h1-4,9,16H,5-8H2/t9-/m1/s1. The average molecular weight is 246 g/mol. The highest BCUT2D eigenvalue weighted by Gasteiger charge is 2.36. The summed E-state index contributed by atoms with van der Waals surface area (Å²) in [5.41, 5.74) is 0.949. The molecule has 2 heterocycles. The van der Waals surface area contributed by atoms with Gasteiger partial charge >= 0.3 is 0 Å². The molecule has 1 N–H and O–H groups in total. The molecule has 0 unspecified atom stereocenters. The van der Waals surface area contributed by atoms with E-state index in [9.17, 15) is 14.7 Å². The van der Waals surface area contributed by atoms with Crippen molar-refractivity contribution in [1.29, 1.82) is 0 Å². The molecule has 1 saturated heterocycles. The lowest BCUT2D eigenvalue weighted by molar-refractivity contribution is 0.0548. The van der Waals surface area contributed by atoms with Crippen molar-refractivity contribution in [3.8, 4) is 0 Å². The second-order valence-electron chi connectivity index (χ2n) is 4.74. The Morgan fingerprint density at radius 2 is 1.78 bits per heavy atom. The van der Waals surface area contributed by atoms with Gasteiger partial charge in [-0.15, -0.1) is 0 Å². The van der Waals surface area contributed by atoms with Crippen LogP contribution in [0.15, 0.2) is 24.3 Å². The number of hydrogen-bond acceptors (Lipinski definition) is 4. The molecule has 1 atom stereocenters. The van der Waals surface area contributed by atoms with E-state index in [-0.39, 0.29) is 24.6 Å². The Balaban J connectivity index is 1.80. The molecule has 5 heteroatoms. The normalized spacial score (nSPS) is 23.8. The maximum Gasteiger partial charge on any atom is 0.262 e. The largest absolute Gasteiger partial charge is 0.392 e. The third-order valence-electron chi connectivity index (χ3n) is 3.47. The summed E-state index contributed by atoms with van der Waals surface area (Å²) in [5.74, 6) is -0.478. The van der Waals surface area contributed by atoms with E-state index in [4.69, 9.17) is 0 Å². The zero-order valence-corrected chi connectivity index (χ0v) is 9.87.